The zero-order valence-corrected chi connectivity index (χ0v) is 15.4. The van der Waals surface area contributed by atoms with Crippen molar-refractivity contribution in [2.24, 2.45) is 0 Å². The van der Waals surface area contributed by atoms with Crippen molar-refractivity contribution in [1.82, 2.24) is 0 Å². The molecule has 0 bridgehead atoms. The van der Waals surface area contributed by atoms with E-state index in [-0.39, 0.29) is 12.4 Å². The Bertz CT molecular complexity index is 817. The molecule has 0 unspecified atom stereocenters. The summed E-state index contributed by atoms with van der Waals surface area (Å²) in [6.45, 7) is -0.379. The van der Waals surface area contributed by atoms with E-state index < -0.39 is 11.9 Å². The number of para-hydroxylation sites is 1. The monoisotopic (exact) mass is 384 g/mol. The highest BCUT2D eigenvalue weighted by atomic mass is 32.2. The fourth-order valence-electron chi connectivity index (χ4n) is 1.84. The second-order valence-corrected chi connectivity index (χ2v) is 6.83. The van der Waals surface area contributed by atoms with Gasteiger partial charge in [0.1, 0.15) is 0 Å². The van der Waals surface area contributed by atoms with Crippen LogP contribution in [0.2, 0.25) is 0 Å². The summed E-state index contributed by atoms with van der Waals surface area (Å²) >= 11 is 2.71. The first-order valence-electron chi connectivity index (χ1n) is 7.62. The average Bonchev–Trinajstić information content (AvgIpc) is 2.66. The van der Waals surface area contributed by atoms with Crippen LogP contribution in [0.4, 0.5) is 5.69 Å². The molecule has 0 heterocycles. The zero-order chi connectivity index (χ0) is 18.6. The first-order chi connectivity index (χ1) is 12.7. The number of nitrogens with zero attached hydrogens (tertiary/aromatic N) is 1. The zero-order valence-electron chi connectivity index (χ0n) is 13.8. The molecule has 0 aliphatic carbocycles. The molecule has 7 heteroatoms. The molecule has 0 atom stereocenters. The molecule has 0 spiro atoms. The van der Waals surface area contributed by atoms with Gasteiger partial charge in [-0.05, 0) is 29.7 Å². The van der Waals surface area contributed by atoms with Gasteiger partial charge in [-0.2, -0.15) is 5.26 Å². The van der Waals surface area contributed by atoms with Crippen LogP contribution in [-0.2, 0) is 14.3 Å². The minimum absolute atomic E-state index is 0.283. The van der Waals surface area contributed by atoms with Gasteiger partial charge in [0.2, 0.25) is 0 Å². The van der Waals surface area contributed by atoms with E-state index in [1.54, 1.807) is 17.5 Å². The molecule has 132 valence electrons. The Labute approximate surface area is 160 Å². The van der Waals surface area contributed by atoms with Crippen LogP contribution in [-0.4, -0.2) is 24.2 Å². The molecule has 0 saturated carbocycles. The minimum Gasteiger partial charge on any atom is -0.452 e. The van der Waals surface area contributed by atoms with Crippen LogP contribution in [0.1, 0.15) is 0 Å². The van der Waals surface area contributed by atoms with E-state index in [4.69, 9.17) is 10.00 Å². The molecular weight excluding hydrogens is 368 g/mol. The van der Waals surface area contributed by atoms with Crippen molar-refractivity contribution in [3.63, 3.8) is 0 Å². The number of benzene rings is 2. The van der Waals surface area contributed by atoms with E-state index >= 15 is 0 Å². The second kappa shape index (κ2) is 11.0. The van der Waals surface area contributed by atoms with Crippen molar-refractivity contribution in [3.8, 4) is 6.07 Å². The van der Waals surface area contributed by atoms with Gasteiger partial charge in [0.15, 0.2) is 6.61 Å². The van der Waals surface area contributed by atoms with Gasteiger partial charge in [0.05, 0.1) is 17.5 Å². The summed E-state index contributed by atoms with van der Waals surface area (Å²) in [6, 6.07) is 18.8. The minimum atomic E-state index is -0.587. The largest absolute Gasteiger partial charge is 0.452 e. The Kier molecular flexibility index (Phi) is 8.33. The molecule has 0 aromatic heterocycles. The maximum Gasteiger partial charge on any atom is 0.331 e. The third-order valence-corrected chi connectivity index (χ3v) is 4.71. The fraction of sp³-hybridized carbons (Fsp3) is 0.105. The topological polar surface area (TPSA) is 79.2 Å². The lowest BCUT2D eigenvalue weighted by Gasteiger charge is -2.09. The van der Waals surface area contributed by atoms with Crippen LogP contribution in [0.25, 0.3) is 0 Å². The van der Waals surface area contributed by atoms with Crippen molar-refractivity contribution in [2.75, 3.05) is 17.7 Å². The maximum absolute atomic E-state index is 11.9. The Morgan fingerprint density at radius 3 is 2.62 bits per heavy atom. The highest BCUT2D eigenvalue weighted by Gasteiger charge is 2.09. The maximum atomic E-state index is 11.9. The standard InChI is InChI=1S/C19H16N2O3S2/c20-11-13-26-17-9-5-4-8-16(17)21-18(22)14-24-19(23)10-12-25-15-6-2-1-3-7-15/h1-10,12H,13-14H2,(H,21,22)/b12-10+. The molecular formula is C19H16N2O3S2. The molecule has 1 N–H and O–H groups in total. The van der Waals surface area contributed by atoms with Gasteiger partial charge in [-0.3, -0.25) is 4.79 Å². The normalized spacial score (nSPS) is 10.3. The van der Waals surface area contributed by atoms with E-state index in [1.807, 2.05) is 48.5 Å². The van der Waals surface area contributed by atoms with E-state index in [0.717, 1.165) is 9.79 Å². The lowest BCUT2D eigenvalue weighted by molar-refractivity contribution is -0.142. The number of anilines is 1. The van der Waals surface area contributed by atoms with Gasteiger partial charge in [0.25, 0.3) is 5.91 Å². The number of carbonyl (C=O) groups excluding carboxylic acids is 2. The summed E-state index contributed by atoms with van der Waals surface area (Å²) in [5.74, 6) is -0.741. The van der Waals surface area contributed by atoms with E-state index in [1.165, 1.54) is 29.6 Å². The summed E-state index contributed by atoms with van der Waals surface area (Å²) in [7, 11) is 0. The number of nitrogens with one attached hydrogen (secondary N) is 1. The van der Waals surface area contributed by atoms with Crippen LogP contribution < -0.4 is 5.32 Å². The van der Waals surface area contributed by atoms with E-state index in [2.05, 4.69) is 5.32 Å². The Morgan fingerprint density at radius 1 is 1.12 bits per heavy atom. The van der Waals surface area contributed by atoms with Gasteiger partial charge in [-0.1, -0.05) is 42.1 Å². The molecule has 0 radical (unpaired) electrons. The van der Waals surface area contributed by atoms with Crippen molar-refractivity contribution in [3.05, 3.63) is 66.1 Å². The Morgan fingerprint density at radius 2 is 1.85 bits per heavy atom. The summed E-state index contributed by atoms with van der Waals surface area (Å²) in [5.41, 5.74) is 0.587. The van der Waals surface area contributed by atoms with Crippen molar-refractivity contribution >= 4 is 41.1 Å². The van der Waals surface area contributed by atoms with Gasteiger partial charge in [0, 0.05) is 15.9 Å². The third-order valence-electron chi connectivity index (χ3n) is 2.95. The molecule has 0 saturated heterocycles. The smallest absolute Gasteiger partial charge is 0.331 e. The Balaban J connectivity index is 1.78. The van der Waals surface area contributed by atoms with Crippen molar-refractivity contribution in [1.29, 1.82) is 5.26 Å². The lowest BCUT2D eigenvalue weighted by Crippen LogP contribution is -2.20. The number of rotatable bonds is 8. The van der Waals surface area contributed by atoms with Gasteiger partial charge in [-0.15, -0.1) is 11.8 Å². The number of thioether (sulfide) groups is 2. The molecule has 1 amide bonds. The number of amides is 1. The average molecular weight is 384 g/mol. The predicted molar refractivity (Wildman–Crippen MR) is 104 cm³/mol. The molecule has 26 heavy (non-hydrogen) atoms. The molecule has 2 aromatic carbocycles. The van der Waals surface area contributed by atoms with Crippen molar-refractivity contribution in [2.45, 2.75) is 9.79 Å². The molecule has 2 aromatic rings. The van der Waals surface area contributed by atoms with Crippen LogP contribution in [0.5, 0.6) is 0 Å². The van der Waals surface area contributed by atoms with E-state index in [9.17, 15) is 9.59 Å². The SMILES string of the molecule is N#CCSc1ccccc1NC(=O)COC(=O)/C=C/Sc1ccccc1. The summed E-state index contributed by atoms with van der Waals surface area (Å²) < 4.78 is 4.92. The molecule has 0 aliphatic rings. The highest BCUT2D eigenvalue weighted by molar-refractivity contribution is 8.02. The molecule has 0 aliphatic heterocycles. The first kappa shape index (κ1) is 19.6. The lowest BCUT2D eigenvalue weighted by atomic mass is 10.3. The number of hydrogen-bond acceptors (Lipinski definition) is 6. The van der Waals surface area contributed by atoms with Crippen LogP contribution in [0, 0.1) is 11.3 Å². The summed E-state index contributed by atoms with van der Waals surface area (Å²) in [6.07, 6.45) is 1.28. The van der Waals surface area contributed by atoms with Gasteiger partial charge < -0.3 is 10.1 Å². The number of nitriles is 1. The van der Waals surface area contributed by atoms with E-state index in [0.29, 0.717) is 5.69 Å². The van der Waals surface area contributed by atoms with Gasteiger partial charge in [-0.25, -0.2) is 4.79 Å². The molecule has 5 nitrogen and oxygen atoms in total. The summed E-state index contributed by atoms with van der Waals surface area (Å²) in [5, 5.41) is 13.0. The highest BCUT2D eigenvalue weighted by Crippen LogP contribution is 2.26. The summed E-state index contributed by atoms with van der Waals surface area (Å²) in [4.78, 5) is 25.4. The Hall–Kier alpha value is -2.69. The van der Waals surface area contributed by atoms with Crippen molar-refractivity contribution < 1.29 is 14.3 Å². The third kappa shape index (κ3) is 7.05. The molecule has 2 rings (SSSR count). The first-order valence-corrected chi connectivity index (χ1v) is 9.49. The number of hydrogen-bond donors (Lipinski definition) is 1. The molecule has 0 fully saturated rings. The van der Waals surface area contributed by atoms with Crippen LogP contribution >= 0.6 is 23.5 Å². The van der Waals surface area contributed by atoms with Gasteiger partial charge >= 0.3 is 5.97 Å². The predicted octanol–water partition coefficient (Wildman–Crippen LogP) is 4.09. The number of carbonyl (C=O) groups is 2. The van der Waals surface area contributed by atoms with Crippen LogP contribution in [0.3, 0.4) is 0 Å². The number of esters is 1. The number of ether oxygens (including phenoxy) is 1. The quantitative estimate of drug-likeness (QED) is 0.419. The fourth-order valence-corrected chi connectivity index (χ4v) is 3.16. The second-order valence-electron chi connectivity index (χ2n) is 4.83. The van der Waals surface area contributed by atoms with Crippen LogP contribution in [0.15, 0.2) is 75.9 Å².